The number of nitrogens with zero attached hydrogens (tertiary/aromatic N) is 3. The van der Waals surface area contributed by atoms with Crippen molar-refractivity contribution in [3.8, 4) is 0 Å². The number of benzene rings is 1. The van der Waals surface area contributed by atoms with E-state index in [1.807, 2.05) is 12.3 Å². The van der Waals surface area contributed by atoms with E-state index < -0.39 is 5.82 Å². The minimum Gasteiger partial charge on any atom is -0.336 e. The number of pyridine rings is 1. The van der Waals surface area contributed by atoms with Gasteiger partial charge in [-0.2, -0.15) is 0 Å². The number of piperazine rings is 1. The van der Waals surface area contributed by atoms with Crippen LogP contribution in [0.1, 0.15) is 28.9 Å². The Bertz CT molecular complexity index is 717. The maximum absolute atomic E-state index is 13.9. The van der Waals surface area contributed by atoms with E-state index in [9.17, 15) is 9.18 Å². The molecule has 0 bridgehead atoms. The van der Waals surface area contributed by atoms with Crippen LogP contribution in [0.15, 0.2) is 47.2 Å². The monoisotopic (exact) mass is 391 g/mol. The van der Waals surface area contributed by atoms with Gasteiger partial charge in [0.15, 0.2) is 0 Å². The molecule has 1 fully saturated rings. The molecule has 6 heteroatoms. The molecule has 2 aromatic rings. The smallest absolute Gasteiger partial charge is 0.256 e. The summed E-state index contributed by atoms with van der Waals surface area (Å²) in [5, 5.41) is 0. The summed E-state index contributed by atoms with van der Waals surface area (Å²) in [4.78, 5) is 20.8. The van der Waals surface area contributed by atoms with Crippen LogP contribution in [0.5, 0.6) is 0 Å². The van der Waals surface area contributed by atoms with Crippen molar-refractivity contribution in [3.05, 3.63) is 64.1 Å². The molecule has 1 aliphatic heterocycles. The molecule has 0 spiro atoms. The third-order valence-corrected chi connectivity index (χ3v) is 4.97. The molecule has 1 atom stereocenters. The van der Waals surface area contributed by atoms with Gasteiger partial charge in [-0.25, -0.2) is 4.39 Å². The number of halogens is 2. The molecule has 2 heterocycles. The molecule has 1 aromatic heterocycles. The van der Waals surface area contributed by atoms with Crippen LogP contribution in [0, 0.1) is 5.82 Å². The van der Waals surface area contributed by atoms with Crippen LogP contribution in [0.25, 0.3) is 0 Å². The second kappa shape index (κ2) is 7.40. The van der Waals surface area contributed by atoms with Gasteiger partial charge in [0, 0.05) is 49.1 Å². The molecule has 0 N–H and O–H groups in total. The summed E-state index contributed by atoms with van der Waals surface area (Å²) >= 11 is 3.29. The lowest BCUT2D eigenvalue weighted by Crippen LogP contribution is -2.49. The molecule has 0 unspecified atom stereocenters. The molecule has 0 saturated carbocycles. The zero-order valence-electron chi connectivity index (χ0n) is 13.5. The molecule has 24 heavy (non-hydrogen) atoms. The van der Waals surface area contributed by atoms with E-state index in [-0.39, 0.29) is 17.5 Å². The fourth-order valence-corrected chi connectivity index (χ4v) is 3.34. The normalized spacial score (nSPS) is 16.9. The van der Waals surface area contributed by atoms with Gasteiger partial charge in [0.2, 0.25) is 0 Å². The second-order valence-corrected chi connectivity index (χ2v) is 6.83. The SMILES string of the molecule is C[C@H](c1cccnc1)N1CCN(C(=O)c2cc(Br)ccc2F)CC1. The van der Waals surface area contributed by atoms with Gasteiger partial charge in [0.1, 0.15) is 5.82 Å². The summed E-state index contributed by atoms with van der Waals surface area (Å²) in [7, 11) is 0. The highest BCUT2D eigenvalue weighted by Crippen LogP contribution is 2.22. The van der Waals surface area contributed by atoms with Crippen LogP contribution in [-0.2, 0) is 0 Å². The van der Waals surface area contributed by atoms with Crippen LogP contribution in [0.3, 0.4) is 0 Å². The van der Waals surface area contributed by atoms with Gasteiger partial charge in [0.25, 0.3) is 5.91 Å². The second-order valence-electron chi connectivity index (χ2n) is 5.91. The molecule has 0 aliphatic carbocycles. The van der Waals surface area contributed by atoms with Crippen LogP contribution in [0.4, 0.5) is 4.39 Å². The van der Waals surface area contributed by atoms with Crippen molar-refractivity contribution in [1.29, 1.82) is 0 Å². The molecule has 1 saturated heterocycles. The van der Waals surface area contributed by atoms with Gasteiger partial charge in [-0.1, -0.05) is 22.0 Å². The van der Waals surface area contributed by atoms with E-state index in [1.54, 1.807) is 23.2 Å². The van der Waals surface area contributed by atoms with Crippen molar-refractivity contribution in [1.82, 2.24) is 14.8 Å². The summed E-state index contributed by atoms with van der Waals surface area (Å²) in [5.74, 6) is -0.725. The van der Waals surface area contributed by atoms with Gasteiger partial charge in [-0.15, -0.1) is 0 Å². The third-order valence-electron chi connectivity index (χ3n) is 4.47. The molecule has 0 radical (unpaired) electrons. The van der Waals surface area contributed by atoms with Crippen molar-refractivity contribution in [2.24, 2.45) is 0 Å². The van der Waals surface area contributed by atoms with Crippen molar-refractivity contribution in [2.75, 3.05) is 26.2 Å². The highest BCUT2D eigenvalue weighted by Gasteiger charge is 2.26. The molecule has 1 aromatic carbocycles. The first-order valence-corrected chi connectivity index (χ1v) is 8.74. The molecule has 4 nitrogen and oxygen atoms in total. The largest absolute Gasteiger partial charge is 0.336 e. The van der Waals surface area contributed by atoms with Gasteiger partial charge >= 0.3 is 0 Å². The van der Waals surface area contributed by atoms with Gasteiger partial charge < -0.3 is 4.90 Å². The molecule has 3 rings (SSSR count). The number of hydrogen-bond acceptors (Lipinski definition) is 3. The lowest BCUT2D eigenvalue weighted by atomic mass is 10.1. The first kappa shape index (κ1) is 17.0. The van der Waals surface area contributed by atoms with Crippen molar-refractivity contribution in [3.63, 3.8) is 0 Å². The maximum atomic E-state index is 13.9. The Hall–Kier alpha value is -1.79. The zero-order chi connectivity index (χ0) is 17.1. The van der Waals surface area contributed by atoms with Crippen LogP contribution >= 0.6 is 15.9 Å². The van der Waals surface area contributed by atoms with Gasteiger partial charge in [-0.05, 0) is 36.8 Å². The number of amides is 1. The lowest BCUT2D eigenvalue weighted by molar-refractivity contribution is 0.0577. The Morgan fingerprint density at radius 3 is 2.67 bits per heavy atom. The van der Waals surface area contributed by atoms with Crippen LogP contribution < -0.4 is 0 Å². The molecular formula is C18H19BrFN3O. The molecular weight excluding hydrogens is 373 g/mol. The summed E-state index contributed by atoms with van der Waals surface area (Å²) in [6.07, 6.45) is 3.64. The minimum absolute atomic E-state index is 0.123. The average molecular weight is 392 g/mol. The summed E-state index contributed by atoms with van der Waals surface area (Å²) in [6, 6.07) is 8.70. The average Bonchev–Trinajstić information content (AvgIpc) is 2.63. The number of aromatic nitrogens is 1. The standard InChI is InChI=1S/C18H19BrFN3O/c1-13(14-3-2-6-21-12-14)22-7-9-23(10-8-22)18(24)16-11-15(19)4-5-17(16)20/h2-6,11-13H,7-10H2,1H3/t13-/m1/s1. The first-order chi connectivity index (χ1) is 11.6. The van der Waals surface area contributed by atoms with Crippen molar-refractivity contribution >= 4 is 21.8 Å². The highest BCUT2D eigenvalue weighted by molar-refractivity contribution is 9.10. The lowest BCUT2D eigenvalue weighted by Gasteiger charge is -2.38. The van der Waals surface area contributed by atoms with Gasteiger partial charge in [0.05, 0.1) is 5.56 Å². The quantitative estimate of drug-likeness (QED) is 0.803. The maximum Gasteiger partial charge on any atom is 0.256 e. The minimum atomic E-state index is -0.477. The fraction of sp³-hybridized carbons (Fsp3) is 0.333. The summed E-state index contributed by atoms with van der Waals surface area (Å²) < 4.78 is 14.6. The highest BCUT2D eigenvalue weighted by atomic mass is 79.9. The van der Waals surface area contributed by atoms with E-state index in [2.05, 4.69) is 38.8 Å². The van der Waals surface area contributed by atoms with E-state index >= 15 is 0 Å². The zero-order valence-corrected chi connectivity index (χ0v) is 15.0. The Labute approximate surface area is 149 Å². The Morgan fingerprint density at radius 2 is 2.00 bits per heavy atom. The predicted octanol–water partition coefficient (Wildman–Crippen LogP) is 3.50. The van der Waals surface area contributed by atoms with Crippen LogP contribution in [-0.4, -0.2) is 46.9 Å². The van der Waals surface area contributed by atoms with Gasteiger partial charge in [-0.3, -0.25) is 14.7 Å². The van der Waals surface area contributed by atoms with E-state index in [4.69, 9.17) is 0 Å². The molecule has 126 valence electrons. The van der Waals surface area contributed by atoms with E-state index in [0.717, 1.165) is 18.7 Å². The van der Waals surface area contributed by atoms with E-state index in [1.165, 1.54) is 6.07 Å². The number of carbonyl (C=O) groups excluding carboxylic acids is 1. The first-order valence-electron chi connectivity index (χ1n) is 7.94. The van der Waals surface area contributed by atoms with E-state index in [0.29, 0.717) is 17.6 Å². The third kappa shape index (κ3) is 3.65. The van der Waals surface area contributed by atoms with Crippen molar-refractivity contribution in [2.45, 2.75) is 13.0 Å². The Kier molecular flexibility index (Phi) is 5.26. The Morgan fingerprint density at radius 1 is 1.25 bits per heavy atom. The summed E-state index contributed by atoms with van der Waals surface area (Å²) in [5.41, 5.74) is 1.29. The number of carbonyl (C=O) groups is 1. The predicted molar refractivity (Wildman–Crippen MR) is 94.2 cm³/mol. The fourth-order valence-electron chi connectivity index (χ4n) is 2.98. The summed E-state index contributed by atoms with van der Waals surface area (Å²) in [6.45, 7) is 4.85. The molecule has 1 aliphatic rings. The number of hydrogen-bond donors (Lipinski definition) is 0. The topological polar surface area (TPSA) is 36.4 Å². The van der Waals surface area contributed by atoms with Crippen molar-refractivity contribution < 1.29 is 9.18 Å². The number of rotatable bonds is 3. The van der Waals surface area contributed by atoms with Crippen LogP contribution in [0.2, 0.25) is 0 Å². The molecule has 1 amide bonds. The Balaban J connectivity index is 1.64.